The molecule has 5 nitrogen and oxygen atoms in total. The Balaban J connectivity index is 2.12. The van der Waals surface area contributed by atoms with Crippen molar-refractivity contribution in [2.75, 3.05) is 13.2 Å². The van der Waals surface area contributed by atoms with Gasteiger partial charge in [-0.1, -0.05) is 35.4 Å². The zero-order chi connectivity index (χ0) is 11.6. The molecule has 0 aliphatic carbocycles. The van der Waals surface area contributed by atoms with Crippen LogP contribution in [0.3, 0.4) is 0 Å². The quantitative estimate of drug-likeness (QED) is 0.306. The van der Waals surface area contributed by atoms with Gasteiger partial charge in [0.2, 0.25) is 0 Å². The summed E-state index contributed by atoms with van der Waals surface area (Å²) < 4.78 is 5.31. The maximum atomic E-state index is 11.1. The highest BCUT2D eigenvalue weighted by Crippen LogP contribution is 2.00. The third kappa shape index (κ3) is 5.14. The molecule has 0 unspecified atom stereocenters. The summed E-state index contributed by atoms with van der Waals surface area (Å²) >= 11 is 0. The monoisotopic (exact) mass is 219 g/mol. The summed E-state index contributed by atoms with van der Waals surface area (Å²) in [5.74, 6) is -0.106. The third-order valence-electron chi connectivity index (χ3n) is 1.95. The fraction of sp³-hybridized carbons (Fsp3) is 0.364. The lowest BCUT2D eigenvalue weighted by atomic mass is 10.2. The molecule has 0 aliphatic heterocycles. The van der Waals surface area contributed by atoms with E-state index in [-0.39, 0.29) is 18.7 Å². The largest absolute Gasteiger partial charge is 0.376 e. The fourth-order valence-electron chi connectivity index (χ4n) is 1.14. The number of ether oxygens (including phenoxy) is 1. The number of azide groups is 1. The van der Waals surface area contributed by atoms with Crippen molar-refractivity contribution < 1.29 is 9.53 Å². The summed E-state index contributed by atoms with van der Waals surface area (Å²) in [6.45, 7) is 0.759. The Labute approximate surface area is 93.7 Å². The van der Waals surface area contributed by atoms with Crippen LogP contribution in [0.2, 0.25) is 0 Å². The van der Waals surface area contributed by atoms with Gasteiger partial charge in [-0.05, 0) is 11.1 Å². The number of benzene rings is 1. The van der Waals surface area contributed by atoms with Crippen molar-refractivity contribution in [2.45, 2.75) is 13.0 Å². The summed E-state index contributed by atoms with van der Waals surface area (Å²) in [6, 6.07) is 9.73. The second kappa shape index (κ2) is 7.45. The van der Waals surface area contributed by atoms with Crippen LogP contribution in [-0.4, -0.2) is 18.9 Å². The minimum atomic E-state index is -0.106. The number of hydrogen-bond acceptors (Lipinski definition) is 3. The van der Waals surface area contributed by atoms with Crippen LogP contribution in [0, 0.1) is 0 Å². The normalized spacial score (nSPS) is 9.50. The molecule has 0 radical (unpaired) electrons. The van der Waals surface area contributed by atoms with Gasteiger partial charge in [0.25, 0.3) is 0 Å². The average molecular weight is 219 g/mol. The maximum Gasteiger partial charge on any atom is 0.141 e. The molecule has 5 heteroatoms. The van der Waals surface area contributed by atoms with Crippen LogP contribution < -0.4 is 0 Å². The Morgan fingerprint density at radius 1 is 1.38 bits per heavy atom. The van der Waals surface area contributed by atoms with E-state index in [2.05, 4.69) is 10.0 Å². The number of ketones is 1. The second-order valence-electron chi connectivity index (χ2n) is 3.22. The Hall–Kier alpha value is -1.84. The van der Waals surface area contributed by atoms with Crippen molar-refractivity contribution in [3.8, 4) is 0 Å². The lowest BCUT2D eigenvalue weighted by molar-refractivity contribution is -0.118. The Morgan fingerprint density at radius 2 is 2.12 bits per heavy atom. The minimum Gasteiger partial charge on any atom is -0.376 e. The molecular weight excluding hydrogens is 206 g/mol. The minimum absolute atomic E-state index is 0.0921. The molecule has 0 spiro atoms. The first-order valence-corrected chi connectivity index (χ1v) is 4.97. The first-order valence-electron chi connectivity index (χ1n) is 4.97. The van der Waals surface area contributed by atoms with Gasteiger partial charge in [0.1, 0.15) is 5.78 Å². The van der Waals surface area contributed by atoms with Crippen LogP contribution in [-0.2, 0) is 16.1 Å². The molecule has 0 saturated heterocycles. The molecule has 16 heavy (non-hydrogen) atoms. The molecule has 0 atom stereocenters. The highest BCUT2D eigenvalue weighted by atomic mass is 16.5. The second-order valence-corrected chi connectivity index (χ2v) is 3.22. The number of carbonyl (C=O) groups excluding carboxylic acids is 1. The number of nitrogens with zero attached hydrogens (tertiary/aromatic N) is 3. The van der Waals surface area contributed by atoms with Gasteiger partial charge in [-0.25, -0.2) is 0 Å². The van der Waals surface area contributed by atoms with Crippen LogP contribution in [0.4, 0.5) is 0 Å². The summed E-state index contributed by atoms with van der Waals surface area (Å²) in [5.41, 5.74) is 9.08. The van der Waals surface area contributed by atoms with E-state index in [1.165, 1.54) is 0 Å². The molecule has 1 rings (SSSR count). The van der Waals surface area contributed by atoms with Crippen molar-refractivity contribution in [2.24, 2.45) is 5.11 Å². The lowest BCUT2D eigenvalue weighted by Gasteiger charge is -2.02. The Kier molecular flexibility index (Phi) is 5.70. The van der Waals surface area contributed by atoms with Gasteiger partial charge >= 0.3 is 0 Å². The summed E-state index contributed by atoms with van der Waals surface area (Å²) in [4.78, 5) is 13.6. The van der Waals surface area contributed by atoms with Gasteiger partial charge < -0.3 is 4.74 Å². The Bertz CT molecular complexity index is 372. The van der Waals surface area contributed by atoms with Crippen LogP contribution >= 0.6 is 0 Å². The van der Waals surface area contributed by atoms with Crippen molar-refractivity contribution in [3.63, 3.8) is 0 Å². The van der Waals surface area contributed by atoms with Crippen molar-refractivity contribution in [1.82, 2.24) is 0 Å². The van der Waals surface area contributed by atoms with Gasteiger partial charge in [0.15, 0.2) is 0 Å². The number of rotatable bonds is 7. The molecule has 1 aromatic carbocycles. The summed E-state index contributed by atoms with van der Waals surface area (Å²) in [6.07, 6.45) is 0.284. The Morgan fingerprint density at radius 3 is 2.81 bits per heavy atom. The number of Topliss-reactive ketones (excluding diaryl/α,β-unsaturated/α-hetero) is 1. The predicted octanol–water partition coefficient (Wildman–Crippen LogP) is 2.47. The molecule has 1 aromatic rings. The molecule has 0 saturated carbocycles. The summed E-state index contributed by atoms with van der Waals surface area (Å²) in [5, 5.41) is 3.18. The van der Waals surface area contributed by atoms with Gasteiger partial charge in [-0.2, -0.15) is 0 Å². The van der Waals surface area contributed by atoms with Crippen LogP contribution in [0.5, 0.6) is 0 Å². The molecule has 84 valence electrons. The lowest BCUT2D eigenvalue weighted by Crippen LogP contribution is -2.06. The van der Waals surface area contributed by atoms with E-state index >= 15 is 0 Å². The van der Waals surface area contributed by atoms with Crippen LogP contribution in [0.1, 0.15) is 12.0 Å². The van der Waals surface area contributed by atoms with Crippen molar-refractivity contribution >= 4 is 5.78 Å². The van der Waals surface area contributed by atoms with Gasteiger partial charge in [-0.3, -0.25) is 4.79 Å². The molecule has 0 fully saturated rings. The zero-order valence-corrected chi connectivity index (χ0v) is 8.87. The van der Waals surface area contributed by atoms with E-state index in [0.717, 1.165) is 5.56 Å². The topological polar surface area (TPSA) is 75.1 Å². The molecule has 0 heterocycles. The number of hydrogen-bond donors (Lipinski definition) is 0. The maximum absolute atomic E-state index is 11.1. The van der Waals surface area contributed by atoms with E-state index in [0.29, 0.717) is 13.2 Å². The molecule has 0 aliphatic rings. The van der Waals surface area contributed by atoms with E-state index in [1.807, 2.05) is 30.3 Å². The standard InChI is InChI=1S/C11H13N3O2/c12-14-13-8-11(15)6-7-16-9-10-4-2-1-3-5-10/h1-5H,6-9H2. The smallest absolute Gasteiger partial charge is 0.141 e. The number of carbonyl (C=O) groups is 1. The third-order valence-corrected chi connectivity index (χ3v) is 1.95. The van der Waals surface area contributed by atoms with Gasteiger partial charge in [-0.15, -0.1) is 0 Å². The van der Waals surface area contributed by atoms with Crippen molar-refractivity contribution in [1.29, 1.82) is 0 Å². The van der Waals surface area contributed by atoms with E-state index in [9.17, 15) is 4.79 Å². The SMILES string of the molecule is [N-]=[N+]=NCC(=O)CCOCc1ccccc1. The van der Waals surface area contributed by atoms with Crippen LogP contribution in [0.15, 0.2) is 35.4 Å². The van der Waals surface area contributed by atoms with Gasteiger partial charge in [0.05, 0.1) is 19.8 Å². The predicted molar refractivity (Wildman–Crippen MR) is 59.7 cm³/mol. The first-order chi connectivity index (χ1) is 7.83. The average Bonchev–Trinajstić information content (AvgIpc) is 2.33. The summed E-state index contributed by atoms with van der Waals surface area (Å²) in [7, 11) is 0. The van der Waals surface area contributed by atoms with Crippen LogP contribution in [0.25, 0.3) is 10.4 Å². The molecule has 0 N–H and O–H groups in total. The van der Waals surface area contributed by atoms with E-state index in [4.69, 9.17) is 10.3 Å². The molecule has 0 amide bonds. The van der Waals surface area contributed by atoms with Gasteiger partial charge in [0, 0.05) is 11.3 Å². The molecular formula is C11H13N3O2. The van der Waals surface area contributed by atoms with E-state index < -0.39 is 0 Å². The highest BCUT2D eigenvalue weighted by Gasteiger charge is 1.99. The molecule has 0 aromatic heterocycles. The molecule has 0 bridgehead atoms. The fourth-order valence-corrected chi connectivity index (χ4v) is 1.14. The zero-order valence-electron chi connectivity index (χ0n) is 8.87. The van der Waals surface area contributed by atoms with Crippen molar-refractivity contribution in [3.05, 3.63) is 46.3 Å². The van der Waals surface area contributed by atoms with E-state index in [1.54, 1.807) is 0 Å². The first kappa shape index (κ1) is 12.2. The highest BCUT2D eigenvalue weighted by molar-refractivity contribution is 5.80.